The van der Waals surface area contributed by atoms with Crippen LogP contribution < -0.4 is 0 Å². The Labute approximate surface area is 135 Å². The molecule has 0 bridgehead atoms. The first kappa shape index (κ1) is 15.9. The Morgan fingerprint density at radius 3 is 2.35 bits per heavy atom. The van der Waals surface area contributed by atoms with Gasteiger partial charge in [-0.1, -0.05) is 42.5 Å². The zero-order valence-corrected chi connectivity index (χ0v) is 13.4. The Hall–Kier alpha value is -1.98. The molecule has 1 aliphatic carbocycles. The number of hydrogen-bond acceptors (Lipinski definition) is 4. The van der Waals surface area contributed by atoms with Crippen molar-refractivity contribution in [3.63, 3.8) is 0 Å². The molecule has 0 aliphatic heterocycles. The van der Waals surface area contributed by atoms with E-state index in [0.717, 1.165) is 5.56 Å². The van der Waals surface area contributed by atoms with E-state index in [9.17, 15) is 18.3 Å². The van der Waals surface area contributed by atoms with Crippen molar-refractivity contribution in [2.45, 2.75) is 23.0 Å². The smallest absolute Gasteiger partial charge is 0.192 e. The van der Waals surface area contributed by atoms with Crippen molar-refractivity contribution >= 4 is 15.6 Å². The summed E-state index contributed by atoms with van der Waals surface area (Å²) < 4.78 is 26.1. The van der Waals surface area contributed by atoms with E-state index in [4.69, 9.17) is 0 Å². The van der Waals surface area contributed by atoms with Crippen LogP contribution in [0.25, 0.3) is 0 Å². The van der Waals surface area contributed by atoms with E-state index in [-0.39, 0.29) is 23.7 Å². The third-order valence-electron chi connectivity index (χ3n) is 4.32. The summed E-state index contributed by atoms with van der Waals surface area (Å²) in [6, 6.07) is 15.2. The average molecular weight is 330 g/mol. The van der Waals surface area contributed by atoms with Gasteiger partial charge in [0.1, 0.15) is 5.25 Å². The molecule has 5 heteroatoms. The van der Waals surface area contributed by atoms with Crippen LogP contribution in [0.1, 0.15) is 22.8 Å². The molecule has 0 amide bonds. The molecule has 0 saturated carbocycles. The summed E-state index contributed by atoms with van der Waals surface area (Å²) in [5.41, 5.74) is 1.44. The number of Topliss-reactive ketones (excluding diaryl/α,β-unsaturated/α-hetero) is 1. The Morgan fingerprint density at radius 2 is 1.65 bits per heavy atom. The summed E-state index contributed by atoms with van der Waals surface area (Å²) in [6.07, 6.45) is 0.768. The van der Waals surface area contributed by atoms with E-state index >= 15 is 0 Å². The van der Waals surface area contributed by atoms with E-state index in [1.165, 1.54) is 12.1 Å². The Balaban J connectivity index is 2.14. The number of carbonyl (C=O) groups is 1. The van der Waals surface area contributed by atoms with Gasteiger partial charge in [0.25, 0.3) is 0 Å². The number of sulfone groups is 1. The highest BCUT2D eigenvalue weighted by atomic mass is 32.2. The predicted molar refractivity (Wildman–Crippen MR) is 86.7 cm³/mol. The predicted octanol–water partition coefficient (Wildman–Crippen LogP) is 2.33. The molecule has 0 saturated heterocycles. The van der Waals surface area contributed by atoms with Crippen molar-refractivity contribution in [3.8, 4) is 0 Å². The fourth-order valence-corrected chi connectivity index (χ4v) is 5.05. The lowest BCUT2D eigenvalue weighted by atomic mass is 9.81. The molecule has 0 fully saturated rings. The van der Waals surface area contributed by atoms with E-state index < -0.39 is 21.0 Å². The number of aliphatic hydroxyl groups is 1. The minimum Gasteiger partial charge on any atom is -0.396 e. The van der Waals surface area contributed by atoms with Crippen LogP contribution in [0.5, 0.6) is 0 Å². The first-order valence-electron chi connectivity index (χ1n) is 7.57. The fraction of sp³-hybridized carbons (Fsp3) is 0.278. The monoisotopic (exact) mass is 330 g/mol. The Morgan fingerprint density at radius 1 is 1.00 bits per heavy atom. The molecule has 2 aromatic carbocycles. The van der Waals surface area contributed by atoms with Crippen molar-refractivity contribution in [2.24, 2.45) is 5.92 Å². The largest absolute Gasteiger partial charge is 0.396 e. The van der Waals surface area contributed by atoms with Gasteiger partial charge in [0.05, 0.1) is 4.90 Å². The van der Waals surface area contributed by atoms with E-state index in [2.05, 4.69) is 0 Å². The molecule has 0 radical (unpaired) electrons. The SMILES string of the molecule is O=C1C(CCO)Cc2ccccc2C1S(=O)(=O)c1ccccc1. The zero-order chi connectivity index (χ0) is 16.4. The molecule has 0 heterocycles. The van der Waals surface area contributed by atoms with Gasteiger partial charge in [-0.3, -0.25) is 4.79 Å². The van der Waals surface area contributed by atoms with Crippen LogP contribution in [0, 0.1) is 5.92 Å². The van der Waals surface area contributed by atoms with Crippen molar-refractivity contribution < 1.29 is 18.3 Å². The van der Waals surface area contributed by atoms with Crippen LogP contribution in [0.2, 0.25) is 0 Å². The molecule has 4 nitrogen and oxygen atoms in total. The van der Waals surface area contributed by atoms with Crippen LogP contribution in [0.3, 0.4) is 0 Å². The lowest BCUT2D eigenvalue weighted by molar-refractivity contribution is -0.123. The molecule has 0 spiro atoms. The Kier molecular flexibility index (Phi) is 4.33. The van der Waals surface area contributed by atoms with E-state index in [1.807, 2.05) is 12.1 Å². The highest BCUT2D eigenvalue weighted by molar-refractivity contribution is 7.92. The minimum atomic E-state index is -3.81. The van der Waals surface area contributed by atoms with Crippen LogP contribution in [-0.2, 0) is 21.1 Å². The molecular weight excluding hydrogens is 312 g/mol. The molecule has 2 unspecified atom stereocenters. The number of fused-ring (bicyclic) bond motifs is 1. The minimum absolute atomic E-state index is 0.128. The quantitative estimate of drug-likeness (QED) is 0.934. The summed E-state index contributed by atoms with van der Waals surface area (Å²) in [7, 11) is -3.81. The van der Waals surface area contributed by atoms with Crippen LogP contribution in [0.4, 0.5) is 0 Å². The zero-order valence-electron chi connectivity index (χ0n) is 12.6. The molecule has 3 rings (SSSR count). The van der Waals surface area contributed by atoms with Gasteiger partial charge in [0.2, 0.25) is 0 Å². The maximum Gasteiger partial charge on any atom is 0.192 e. The topological polar surface area (TPSA) is 71.4 Å². The van der Waals surface area contributed by atoms with Crippen molar-refractivity contribution in [3.05, 3.63) is 65.7 Å². The molecule has 1 N–H and O–H groups in total. The van der Waals surface area contributed by atoms with Gasteiger partial charge >= 0.3 is 0 Å². The van der Waals surface area contributed by atoms with Crippen molar-refractivity contribution in [1.82, 2.24) is 0 Å². The normalized spacial score (nSPS) is 21.0. The van der Waals surface area contributed by atoms with E-state index in [1.54, 1.807) is 30.3 Å². The number of ketones is 1. The third kappa shape index (κ3) is 2.82. The van der Waals surface area contributed by atoms with Crippen molar-refractivity contribution in [2.75, 3.05) is 6.61 Å². The molecule has 2 atom stereocenters. The molecule has 1 aliphatic rings. The van der Waals surface area contributed by atoms with Gasteiger partial charge in [-0.25, -0.2) is 8.42 Å². The number of hydrogen-bond donors (Lipinski definition) is 1. The van der Waals surface area contributed by atoms with Gasteiger partial charge in [-0.15, -0.1) is 0 Å². The van der Waals surface area contributed by atoms with Crippen LogP contribution >= 0.6 is 0 Å². The van der Waals surface area contributed by atoms with Crippen LogP contribution in [-0.4, -0.2) is 25.9 Å². The second-order valence-corrected chi connectivity index (χ2v) is 7.79. The molecular formula is C18H18O4S. The number of rotatable bonds is 4. The second kappa shape index (κ2) is 6.26. The average Bonchev–Trinajstić information content (AvgIpc) is 2.56. The first-order chi connectivity index (χ1) is 11.1. The van der Waals surface area contributed by atoms with Gasteiger partial charge in [-0.05, 0) is 36.1 Å². The summed E-state index contributed by atoms with van der Waals surface area (Å²) >= 11 is 0. The van der Waals surface area contributed by atoms with Crippen molar-refractivity contribution in [1.29, 1.82) is 0 Å². The first-order valence-corrected chi connectivity index (χ1v) is 9.11. The summed E-state index contributed by atoms with van der Waals surface area (Å²) in [4.78, 5) is 13.0. The van der Waals surface area contributed by atoms with Crippen LogP contribution in [0.15, 0.2) is 59.5 Å². The highest BCUT2D eigenvalue weighted by Gasteiger charge is 2.43. The van der Waals surface area contributed by atoms with E-state index in [0.29, 0.717) is 12.0 Å². The lowest BCUT2D eigenvalue weighted by Gasteiger charge is -2.30. The lowest BCUT2D eigenvalue weighted by Crippen LogP contribution is -2.35. The Bertz CT molecular complexity index is 812. The number of benzene rings is 2. The standard InChI is InChI=1S/C18H18O4S/c19-11-10-14-12-13-6-4-5-9-16(13)18(17(14)20)23(21,22)15-7-2-1-3-8-15/h1-9,14,18-19H,10-12H2. The maximum atomic E-state index is 13.0. The van der Waals surface area contributed by atoms with Gasteiger partial charge < -0.3 is 5.11 Å². The maximum absolute atomic E-state index is 13.0. The molecule has 2 aromatic rings. The van der Waals surface area contributed by atoms with Gasteiger partial charge in [0.15, 0.2) is 15.6 Å². The highest BCUT2D eigenvalue weighted by Crippen LogP contribution is 2.39. The molecule has 0 aromatic heterocycles. The fourth-order valence-electron chi connectivity index (χ4n) is 3.18. The third-order valence-corrected chi connectivity index (χ3v) is 6.36. The van der Waals surface area contributed by atoms with Gasteiger partial charge in [0, 0.05) is 12.5 Å². The molecule has 23 heavy (non-hydrogen) atoms. The second-order valence-electron chi connectivity index (χ2n) is 5.75. The summed E-state index contributed by atoms with van der Waals surface area (Å²) in [6.45, 7) is -0.128. The summed E-state index contributed by atoms with van der Waals surface area (Å²) in [5.74, 6) is -0.778. The molecule has 120 valence electrons. The number of carbonyl (C=O) groups excluding carboxylic acids is 1. The number of aliphatic hydroxyl groups excluding tert-OH is 1. The summed E-state index contributed by atoms with van der Waals surface area (Å²) in [5, 5.41) is 8.00. The van der Waals surface area contributed by atoms with Gasteiger partial charge in [-0.2, -0.15) is 0 Å².